The van der Waals surface area contributed by atoms with Crippen LogP contribution in [0.3, 0.4) is 0 Å². The molecule has 0 spiro atoms. The standard InChI is InChI=1S/C16H12N4O5S/c1-26-15-12(3-2-8-17-15)16(21)24-9-13-18-19-14(25-13)10-4-6-11(7-5-10)20(22)23/h2-8H,9H2,1H3. The number of rotatable bonds is 6. The number of hydrogen-bond donors (Lipinski definition) is 0. The molecule has 0 aliphatic heterocycles. The highest BCUT2D eigenvalue weighted by Crippen LogP contribution is 2.22. The van der Waals surface area contributed by atoms with E-state index >= 15 is 0 Å². The molecule has 0 saturated carbocycles. The molecular formula is C16H12N4O5S. The summed E-state index contributed by atoms with van der Waals surface area (Å²) in [5.41, 5.74) is 0.844. The molecule has 0 aliphatic rings. The smallest absolute Gasteiger partial charge is 0.341 e. The molecule has 3 aromatic rings. The molecular weight excluding hydrogens is 360 g/mol. The van der Waals surface area contributed by atoms with Gasteiger partial charge < -0.3 is 9.15 Å². The lowest BCUT2D eigenvalue weighted by atomic mass is 10.2. The average Bonchev–Trinajstić information content (AvgIpc) is 3.15. The highest BCUT2D eigenvalue weighted by molar-refractivity contribution is 7.98. The average molecular weight is 372 g/mol. The molecule has 1 aromatic carbocycles. The molecule has 0 amide bonds. The summed E-state index contributed by atoms with van der Waals surface area (Å²) in [6, 6.07) is 8.95. The van der Waals surface area contributed by atoms with Gasteiger partial charge in [-0.25, -0.2) is 9.78 Å². The molecule has 0 unspecified atom stereocenters. The van der Waals surface area contributed by atoms with Gasteiger partial charge in [0.1, 0.15) is 5.03 Å². The Morgan fingerprint density at radius 1 is 1.27 bits per heavy atom. The van der Waals surface area contributed by atoms with Crippen molar-refractivity contribution in [2.75, 3.05) is 6.26 Å². The van der Waals surface area contributed by atoms with E-state index in [1.165, 1.54) is 36.0 Å². The third kappa shape index (κ3) is 3.86. The summed E-state index contributed by atoms with van der Waals surface area (Å²) in [7, 11) is 0. The summed E-state index contributed by atoms with van der Waals surface area (Å²) in [5.74, 6) is -0.254. The molecule has 0 fully saturated rings. The first-order chi connectivity index (χ1) is 12.6. The summed E-state index contributed by atoms with van der Waals surface area (Å²) >= 11 is 1.34. The summed E-state index contributed by atoms with van der Waals surface area (Å²) in [6.07, 6.45) is 3.41. The quantitative estimate of drug-likeness (QED) is 0.278. The second-order valence-corrected chi connectivity index (χ2v) is 5.74. The van der Waals surface area contributed by atoms with Gasteiger partial charge in [0.05, 0.1) is 10.5 Å². The van der Waals surface area contributed by atoms with E-state index in [4.69, 9.17) is 9.15 Å². The first-order valence-corrected chi connectivity index (χ1v) is 8.54. The maximum Gasteiger partial charge on any atom is 0.341 e. The van der Waals surface area contributed by atoms with E-state index in [9.17, 15) is 14.9 Å². The zero-order valence-corrected chi connectivity index (χ0v) is 14.3. The van der Waals surface area contributed by atoms with Crippen molar-refractivity contribution in [1.29, 1.82) is 0 Å². The van der Waals surface area contributed by atoms with Crippen molar-refractivity contribution in [3.8, 4) is 11.5 Å². The van der Waals surface area contributed by atoms with Crippen LogP contribution in [0.2, 0.25) is 0 Å². The number of aromatic nitrogens is 3. The van der Waals surface area contributed by atoms with Crippen LogP contribution >= 0.6 is 11.8 Å². The van der Waals surface area contributed by atoms with Crippen LogP contribution in [0, 0.1) is 10.1 Å². The van der Waals surface area contributed by atoms with Crippen LogP contribution in [0.1, 0.15) is 16.2 Å². The molecule has 26 heavy (non-hydrogen) atoms. The maximum atomic E-state index is 12.1. The molecule has 2 heterocycles. The van der Waals surface area contributed by atoms with Gasteiger partial charge in [0.25, 0.3) is 11.6 Å². The summed E-state index contributed by atoms with van der Waals surface area (Å²) in [6.45, 7) is -0.193. The molecule has 0 saturated heterocycles. The van der Waals surface area contributed by atoms with Crippen LogP contribution in [0.5, 0.6) is 0 Å². The first kappa shape index (κ1) is 17.5. The lowest BCUT2D eigenvalue weighted by Crippen LogP contribution is -2.07. The van der Waals surface area contributed by atoms with Gasteiger partial charge in [-0.15, -0.1) is 22.0 Å². The Morgan fingerprint density at radius 3 is 2.73 bits per heavy atom. The van der Waals surface area contributed by atoms with Crippen molar-refractivity contribution in [3.05, 3.63) is 64.2 Å². The molecule has 10 heteroatoms. The normalized spacial score (nSPS) is 10.5. The number of carbonyl (C=O) groups is 1. The number of nitrogens with zero attached hydrogens (tertiary/aromatic N) is 4. The first-order valence-electron chi connectivity index (χ1n) is 7.32. The number of carbonyl (C=O) groups excluding carboxylic acids is 1. The van der Waals surface area contributed by atoms with Gasteiger partial charge >= 0.3 is 5.97 Å². The van der Waals surface area contributed by atoms with Gasteiger partial charge in [-0.3, -0.25) is 10.1 Å². The number of hydrogen-bond acceptors (Lipinski definition) is 9. The van der Waals surface area contributed by atoms with Gasteiger partial charge in [0.2, 0.25) is 5.89 Å². The highest BCUT2D eigenvalue weighted by atomic mass is 32.2. The van der Waals surface area contributed by atoms with Crippen LogP contribution in [0.25, 0.3) is 11.5 Å². The van der Waals surface area contributed by atoms with E-state index in [0.717, 1.165) is 0 Å². The highest BCUT2D eigenvalue weighted by Gasteiger charge is 2.16. The fourth-order valence-corrected chi connectivity index (χ4v) is 2.61. The van der Waals surface area contributed by atoms with Crippen molar-refractivity contribution >= 4 is 23.4 Å². The Balaban J connectivity index is 1.67. The second-order valence-electron chi connectivity index (χ2n) is 4.94. The Kier molecular flexibility index (Phi) is 5.23. The van der Waals surface area contributed by atoms with Crippen molar-refractivity contribution in [2.24, 2.45) is 0 Å². The Hall–Kier alpha value is -3.27. The fourth-order valence-electron chi connectivity index (χ4n) is 2.07. The lowest BCUT2D eigenvalue weighted by Gasteiger charge is -2.05. The van der Waals surface area contributed by atoms with E-state index < -0.39 is 10.9 Å². The number of esters is 1. The molecule has 0 N–H and O–H groups in total. The molecule has 9 nitrogen and oxygen atoms in total. The third-order valence-corrected chi connectivity index (χ3v) is 4.02. The van der Waals surface area contributed by atoms with Gasteiger partial charge in [-0.2, -0.15) is 0 Å². The Bertz CT molecular complexity index is 942. The Labute approximate surface area is 151 Å². The predicted octanol–water partition coefficient (Wildman–Crippen LogP) is 3.12. The van der Waals surface area contributed by atoms with Crippen molar-refractivity contribution in [1.82, 2.24) is 15.2 Å². The molecule has 3 rings (SSSR count). The molecule has 132 valence electrons. The fraction of sp³-hybridized carbons (Fsp3) is 0.125. The number of pyridine rings is 1. The number of benzene rings is 1. The van der Waals surface area contributed by atoms with Crippen molar-refractivity contribution in [3.63, 3.8) is 0 Å². The lowest BCUT2D eigenvalue weighted by molar-refractivity contribution is -0.384. The maximum absolute atomic E-state index is 12.1. The summed E-state index contributed by atoms with van der Waals surface area (Å²) < 4.78 is 10.6. The summed E-state index contributed by atoms with van der Waals surface area (Å²) in [5, 5.41) is 18.9. The predicted molar refractivity (Wildman–Crippen MR) is 91.5 cm³/mol. The van der Waals surface area contributed by atoms with Gasteiger partial charge in [0.15, 0.2) is 6.61 Å². The van der Waals surface area contributed by atoms with Crippen LogP contribution in [0.4, 0.5) is 5.69 Å². The molecule has 0 atom stereocenters. The SMILES string of the molecule is CSc1ncccc1C(=O)OCc1nnc(-c2ccc([N+](=O)[O-])cc2)o1. The van der Waals surface area contributed by atoms with Crippen molar-refractivity contribution in [2.45, 2.75) is 11.6 Å². The number of non-ortho nitro benzene ring substituents is 1. The van der Waals surface area contributed by atoms with Gasteiger partial charge in [-0.05, 0) is 30.5 Å². The van der Waals surface area contributed by atoms with Gasteiger partial charge in [-0.1, -0.05) is 0 Å². The summed E-state index contributed by atoms with van der Waals surface area (Å²) in [4.78, 5) is 26.4. The molecule has 2 aromatic heterocycles. The molecule has 0 aliphatic carbocycles. The minimum Gasteiger partial charge on any atom is -0.452 e. The monoisotopic (exact) mass is 372 g/mol. The molecule has 0 radical (unpaired) electrons. The minimum absolute atomic E-state index is 0.0384. The van der Waals surface area contributed by atoms with Crippen LogP contribution in [-0.2, 0) is 11.3 Å². The van der Waals surface area contributed by atoms with E-state index in [2.05, 4.69) is 15.2 Å². The Morgan fingerprint density at radius 2 is 2.04 bits per heavy atom. The zero-order chi connectivity index (χ0) is 18.5. The van der Waals surface area contributed by atoms with E-state index in [-0.39, 0.29) is 24.1 Å². The largest absolute Gasteiger partial charge is 0.452 e. The van der Waals surface area contributed by atoms with E-state index in [1.54, 1.807) is 18.3 Å². The van der Waals surface area contributed by atoms with E-state index in [1.807, 2.05) is 6.26 Å². The second kappa shape index (κ2) is 7.74. The molecule has 0 bridgehead atoms. The van der Waals surface area contributed by atoms with Gasteiger partial charge in [0, 0.05) is 23.9 Å². The minimum atomic E-state index is -0.544. The number of nitro groups is 1. The van der Waals surface area contributed by atoms with Crippen LogP contribution in [0.15, 0.2) is 52.0 Å². The zero-order valence-electron chi connectivity index (χ0n) is 13.5. The number of ether oxygens (including phenoxy) is 1. The van der Waals surface area contributed by atoms with Crippen LogP contribution < -0.4 is 0 Å². The van der Waals surface area contributed by atoms with Crippen LogP contribution in [-0.4, -0.2) is 32.3 Å². The third-order valence-electron chi connectivity index (χ3n) is 3.30. The topological polar surface area (TPSA) is 121 Å². The van der Waals surface area contributed by atoms with E-state index in [0.29, 0.717) is 16.2 Å². The number of nitro benzene ring substituents is 1. The number of thioether (sulfide) groups is 1. The van der Waals surface area contributed by atoms with Crippen molar-refractivity contribution < 1.29 is 18.9 Å².